The Kier molecular flexibility index (Phi) is 3.00. The first-order chi connectivity index (χ1) is 8.43. The van der Waals surface area contributed by atoms with Gasteiger partial charge in [0.25, 0.3) is 0 Å². The lowest BCUT2D eigenvalue weighted by Crippen LogP contribution is -2.07. The fourth-order valence-corrected chi connectivity index (χ4v) is 3.42. The molecule has 0 saturated carbocycles. The zero-order chi connectivity index (χ0) is 13.3. The van der Waals surface area contributed by atoms with Gasteiger partial charge in [-0.25, -0.2) is 8.42 Å². The van der Waals surface area contributed by atoms with Crippen LogP contribution in [0.3, 0.4) is 0 Å². The number of nitrogens with two attached hydrogens (primary N) is 2. The molecular formula is C13H14N2O2S. The summed E-state index contributed by atoms with van der Waals surface area (Å²) in [6, 6.07) is 11.2. The summed E-state index contributed by atoms with van der Waals surface area (Å²) in [7, 11) is -3.63. The largest absolute Gasteiger partial charge is 0.399 e. The molecule has 0 bridgehead atoms. The fourth-order valence-electron chi connectivity index (χ4n) is 1.76. The van der Waals surface area contributed by atoms with Gasteiger partial charge in [-0.05, 0) is 36.8 Å². The maximum Gasteiger partial charge on any atom is 0.208 e. The molecular weight excluding hydrogens is 248 g/mol. The molecule has 18 heavy (non-hydrogen) atoms. The molecule has 0 unspecified atom stereocenters. The number of sulfone groups is 1. The SMILES string of the molecule is Cc1ccccc1S(=O)(=O)c1cc(N)ccc1N. The normalized spacial score (nSPS) is 11.4. The van der Waals surface area contributed by atoms with Crippen LogP contribution in [-0.2, 0) is 9.84 Å². The molecule has 2 aromatic rings. The highest BCUT2D eigenvalue weighted by atomic mass is 32.2. The molecule has 0 aliphatic heterocycles. The lowest BCUT2D eigenvalue weighted by Gasteiger charge is -2.10. The Hall–Kier alpha value is -2.01. The number of nitrogen functional groups attached to an aromatic ring is 2. The van der Waals surface area contributed by atoms with Gasteiger partial charge in [0.15, 0.2) is 0 Å². The molecule has 0 aliphatic rings. The smallest absolute Gasteiger partial charge is 0.208 e. The molecule has 0 aliphatic carbocycles. The minimum Gasteiger partial charge on any atom is -0.399 e. The Morgan fingerprint density at radius 2 is 1.61 bits per heavy atom. The van der Waals surface area contributed by atoms with E-state index in [4.69, 9.17) is 11.5 Å². The Morgan fingerprint density at radius 1 is 0.944 bits per heavy atom. The highest BCUT2D eigenvalue weighted by Gasteiger charge is 2.22. The van der Waals surface area contributed by atoms with Crippen molar-refractivity contribution >= 4 is 21.2 Å². The summed E-state index contributed by atoms with van der Waals surface area (Å²) >= 11 is 0. The van der Waals surface area contributed by atoms with Crippen molar-refractivity contribution in [3.05, 3.63) is 48.0 Å². The van der Waals surface area contributed by atoms with Crippen LogP contribution in [0.15, 0.2) is 52.3 Å². The maximum atomic E-state index is 12.5. The summed E-state index contributed by atoms with van der Waals surface area (Å²) in [6.07, 6.45) is 0. The third kappa shape index (κ3) is 2.04. The molecule has 0 amide bonds. The van der Waals surface area contributed by atoms with E-state index in [1.165, 1.54) is 12.1 Å². The number of hydrogen-bond acceptors (Lipinski definition) is 4. The monoisotopic (exact) mass is 262 g/mol. The van der Waals surface area contributed by atoms with Crippen LogP contribution in [0, 0.1) is 6.92 Å². The van der Waals surface area contributed by atoms with Crippen molar-refractivity contribution in [3.63, 3.8) is 0 Å². The maximum absolute atomic E-state index is 12.5. The van der Waals surface area contributed by atoms with Crippen molar-refractivity contribution in [2.45, 2.75) is 16.7 Å². The lowest BCUT2D eigenvalue weighted by atomic mass is 10.2. The zero-order valence-electron chi connectivity index (χ0n) is 9.92. The van der Waals surface area contributed by atoms with Crippen molar-refractivity contribution in [1.82, 2.24) is 0 Å². The van der Waals surface area contributed by atoms with Crippen LogP contribution in [0.2, 0.25) is 0 Å². The summed E-state index contributed by atoms with van der Waals surface area (Å²) in [5, 5.41) is 0. The Balaban J connectivity index is 2.70. The highest BCUT2D eigenvalue weighted by molar-refractivity contribution is 7.91. The third-order valence-corrected chi connectivity index (χ3v) is 4.68. The molecule has 0 fully saturated rings. The predicted octanol–water partition coefficient (Wildman–Crippen LogP) is 1.99. The van der Waals surface area contributed by atoms with Crippen LogP contribution < -0.4 is 11.5 Å². The first-order valence-corrected chi connectivity index (χ1v) is 6.87. The highest BCUT2D eigenvalue weighted by Crippen LogP contribution is 2.29. The average molecular weight is 262 g/mol. The number of hydrogen-bond donors (Lipinski definition) is 2. The molecule has 0 radical (unpaired) electrons. The molecule has 0 spiro atoms. The fraction of sp³-hybridized carbons (Fsp3) is 0.0769. The quantitative estimate of drug-likeness (QED) is 0.810. The van der Waals surface area contributed by atoms with Crippen LogP contribution in [0.4, 0.5) is 11.4 Å². The van der Waals surface area contributed by atoms with Crippen LogP contribution in [0.25, 0.3) is 0 Å². The predicted molar refractivity (Wildman–Crippen MR) is 71.9 cm³/mol. The van der Waals surface area contributed by atoms with Crippen molar-refractivity contribution in [2.75, 3.05) is 11.5 Å². The van der Waals surface area contributed by atoms with Gasteiger partial charge in [-0.3, -0.25) is 0 Å². The van der Waals surface area contributed by atoms with Crippen LogP contribution in [0.5, 0.6) is 0 Å². The van der Waals surface area contributed by atoms with Gasteiger partial charge in [-0.1, -0.05) is 18.2 Å². The molecule has 4 N–H and O–H groups in total. The topological polar surface area (TPSA) is 86.2 Å². The van der Waals surface area contributed by atoms with Crippen molar-refractivity contribution in [1.29, 1.82) is 0 Å². The van der Waals surface area contributed by atoms with E-state index in [1.807, 2.05) is 0 Å². The molecule has 0 heterocycles. The standard InChI is InChI=1S/C13H14N2O2S/c1-9-4-2-3-5-12(9)18(16,17)13-8-10(14)6-7-11(13)15/h2-8H,14-15H2,1H3. The second-order valence-corrected chi connectivity index (χ2v) is 5.95. The van der Waals surface area contributed by atoms with Gasteiger partial charge in [-0.2, -0.15) is 0 Å². The van der Waals surface area contributed by atoms with E-state index in [0.29, 0.717) is 11.3 Å². The molecule has 5 heteroatoms. The first kappa shape index (κ1) is 12.4. The van der Waals surface area contributed by atoms with E-state index in [1.54, 1.807) is 37.3 Å². The zero-order valence-corrected chi connectivity index (χ0v) is 10.7. The van der Waals surface area contributed by atoms with Crippen LogP contribution >= 0.6 is 0 Å². The summed E-state index contributed by atoms with van der Waals surface area (Å²) in [6.45, 7) is 1.75. The second-order valence-electron chi connectivity index (χ2n) is 4.07. The number of rotatable bonds is 2. The van der Waals surface area contributed by atoms with Crippen molar-refractivity contribution < 1.29 is 8.42 Å². The second kappa shape index (κ2) is 4.34. The minimum atomic E-state index is -3.63. The van der Waals surface area contributed by atoms with Gasteiger partial charge >= 0.3 is 0 Å². The number of benzene rings is 2. The summed E-state index contributed by atoms with van der Waals surface area (Å²) in [5.74, 6) is 0. The first-order valence-electron chi connectivity index (χ1n) is 5.38. The molecule has 0 saturated heterocycles. The van der Waals surface area contributed by atoms with Crippen molar-refractivity contribution in [3.8, 4) is 0 Å². The molecule has 0 aromatic heterocycles. The molecule has 2 aromatic carbocycles. The third-order valence-electron chi connectivity index (χ3n) is 2.71. The lowest BCUT2D eigenvalue weighted by molar-refractivity contribution is 0.596. The van der Waals surface area contributed by atoms with Gasteiger partial charge in [-0.15, -0.1) is 0 Å². The Bertz CT molecular complexity index is 694. The molecule has 4 nitrogen and oxygen atoms in total. The molecule has 2 rings (SSSR count). The van der Waals surface area contributed by atoms with E-state index < -0.39 is 9.84 Å². The number of anilines is 2. The van der Waals surface area contributed by atoms with E-state index in [0.717, 1.165) is 0 Å². The van der Waals surface area contributed by atoms with Crippen LogP contribution in [0.1, 0.15) is 5.56 Å². The van der Waals surface area contributed by atoms with E-state index in [2.05, 4.69) is 0 Å². The average Bonchev–Trinajstić information content (AvgIpc) is 2.32. The molecule has 94 valence electrons. The minimum absolute atomic E-state index is 0.0526. The van der Waals surface area contributed by atoms with E-state index in [-0.39, 0.29) is 15.5 Å². The summed E-state index contributed by atoms with van der Waals surface area (Å²) in [5.41, 5.74) is 12.6. The number of aryl methyl sites for hydroxylation is 1. The van der Waals surface area contributed by atoms with Crippen molar-refractivity contribution in [2.24, 2.45) is 0 Å². The van der Waals surface area contributed by atoms with E-state index in [9.17, 15) is 8.42 Å². The van der Waals surface area contributed by atoms with E-state index >= 15 is 0 Å². The van der Waals surface area contributed by atoms with Gasteiger partial charge in [0.05, 0.1) is 15.5 Å². The van der Waals surface area contributed by atoms with Gasteiger partial charge in [0, 0.05) is 5.69 Å². The van der Waals surface area contributed by atoms with Gasteiger partial charge < -0.3 is 11.5 Å². The Morgan fingerprint density at radius 3 is 2.28 bits per heavy atom. The Labute approximate surface area is 106 Å². The van der Waals surface area contributed by atoms with Crippen LogP contribution in [-0.4, -0.2) is 8.42 Å². The van der Waals surface area contributed by atoms with Gasteiger partial charge in [0.1, 0.15) is 0 Å². The molecule has 0 atom stereocenters. The van der Waals surface area contributed by atoms with Gasteiger partial charge in [0.2, 0.25) is 9.84 Å². The summed E-state index contributed by atoms with van der Waals surface area (Å²) < 4.78 is 25.0. The summed E-state index contributed by atoms with van der Waals surface area (Å²) in [4.78, 5) is 0.305.